The molecule has 29 heavy (non-hydrogen) atoms. The van der Waals surface area contributed by atoms with E-state index >= 15 is 0 Å². The van der Waals surface area contributed by atoms with Crippen LogP contribution in [0, 0.1) is 6.92 Å². The van der Waals surface area contributed by atoms with E-state index in [0.717, 1.165) is 16.7 Å². The first-order valence-corrected chi connectivity index (χ1v) is 9.33. The first-order valence-electron chi connectivity index (χ1n) is 9.33. The van der Waals surface area contributed by atoms with Crippen LogP contribution >= 0.6 is 0 Å². The Morgan fingerprint density at radius 3 is 2.45 bits per heavy atom. The zero-order valence-electron chi connectivity index (χ0n) is 16.7. The van der Waals surface area contributed by atoms with Crippen molar-refractivity contribution in [1.82, 2.24) is 5.32 Å². The zero-order chi connectivity index (χ0) is 20.8. The molecule has 1 aromatic heterocycles. The molecule has 2 amide bonds. The number of carbonyl (C=O) groups is 2. The smallest absolute Gasteiger partial charge is 0.291 e. The Bertz CT molecular complexity index is 979. The second-order valence-corrected chi connectivity index (χ2v) is 6.93. The number of rotatable bonds is 7. The molecule has 6 heteroatoms. The maximum atomic E-state index is 12.7. The molecular formula is C23H24N2O4. The SMILES string of the molecule is COCC(C)NC(=O)c1cc(NC(=O)c2ccco2)cc(-c2ccc(C)cc2)c1. The van der Waals surface area contributed by atoms with E-state index in [2.05, 4.69) is 10.6 Å². The van der Waals surface area contributed by atoms with Crippen molar-refractivity contribution in [2.75, 3.05) is 19.0 Å². The van der Waals surface area contributed by atoms with E-state index in [-0.39, 0.29) is 23.6 Å². The lowest BCUT2D eigenvalue weighted by molar-refractivity contribution is 0.0904. The van der Waals surface area contributed by atoms with Crippen LogP contribution < -0.4 is 10.6 Å². The number of amides is 2. The molecule has 0 bridgehead atoms. The van der Waals surface area contributed by atoms with Gasteiger partial charge in [-0.25, -0.2) is 0 Å². The zero-order valence-corrected chi connectivity index (χ0v) is 16.7. The number of benzene rings is 2. The molecule has 1 heterocycles. The van der Waals surface area contributed by atoms with Gasteiger partial charge in [-0.15, -0.1) is 0 Å². The van der Waals surface area contributed by atoms with E-state index in [1.54, 1.807) is 25.3 Å². The predicted molar refractivity (Wildman–Crippen MR) is 112 cm³/mol. The Morgan fingerprint density at radius 2 is 1.79 bits per heavy atom. The van der Waals surface area contributed by atoms with Crippen LogP contribution in [0.25, 0.3) is 11.1 Å². The third-order valence-electron chi connectivity index (χ3n) is 4.38. The van der Waals surface area contributed by atoms with Gasteiger partial charge in [-0.3, -0.25) is 9.59 Å². The van der Waals surface area contributed by atoms with Crippen LogP contribution in [-0.2, 0) is 4.74 Å². The average molecular weight is 392 g/mol. The van der Waals surface area contributed by atoms with Crippen LogP contribution in [0.2, 0.25) is 0 Å². The van der Waals surface area contributed by atoms with Crippen LogP contribution in [0.15, 0.2) is 65.3 Å². The molecule has 1 unspecified atom stereocenters. The third kappa shape index (κ3) is 5.33. The van der Waals surface area contributed by atoms with E-state index < -0.39 is 0 Å². The lowest BCUT2D eigenvalue weighted by Crippen LogP contribution is -2.35. The van der Waals surface area contributed by atoms with Crippen LogP contribution in [-0.4, -0.2) is 31.6 Å². The fourth-order valence-electron chi connectivity index (χ4n) is 2.94. The molecule has 150 valence electrons. The fourth-order valence-corrected chi connectivity index (χ4v) is 2.94. The van der Waals surface area contributed by atoms with Gasteiger partial charge in [0.05, 0.1) is 12.9 Å². The van der Waals surface area contributed by atoms with Crippen LogP contribution in [0.1, 0.15) is 33.4 Å². The normalized spacial score (nSPS) is 11.7. The highest BCUT2D eigenvalue weighted by Gasteiger charge is 2.15. The summed E-state index contributed by atoms with van der Waals surface area (Å²) in [6, 6.07) is 16.4. The first kappa shape index (κ1) is 20.4. The highest BCUT2D eigenvalue weighted by molar-refractivity contribution is 6.04. The summed E-state index contributed by atoms with van der Waals surface area (Å²) in [5.74, 6) is -0.419. The maximum Gasteiger partial charge on any atom is 0.291 e. The second kappa shape index (κ2) is 9.21. The fraction of sp³-hybridized carbons (Fsp3) is 0.217. The highest BCUT2D eigenvalue weighted by atomic mass is 16.5. The molecule has 0 aliphatic rings. The molecule has 2 N–H and O–H groups in total. The van der Waals surface area contributed by atoms with Crippen molar-refractivity contribution in [3.8, 4) is 11.1 Å². The minimum atomic E-state index is -0.379. The molecule has 0 spiro atoms. The molecule has 3 aromatic rings. The Balaban J connectivity index is 1.94. The van der Waals surface area contributed by atoms with Crippen molar-refractivity contribution in [2.24, 2.45) is 0 Å². The van der Waals surface area contributed by atoms with Gasteiger partial charge in [0, 0.05) is 24.4 Å². The van der Waals surface area contributed by atoms with Gasteiger partial charge in [0.25, 0.3) is 11.8 Å². The number of hydrogen-bond donors (Lipinski definition) is 2. The molecule has 3 rings (SSSR count). The minimum Gasteiger partial charge on any atom is -0.459 e. The first-order chi connectivity index (χ1) is 14.0. The Kier molecular flexibility index (Phi) is 6.46. The van der Waals surface area contributed by atoms with Crippen LogP contribution in [0.4, 0.5) is 5.69 Å². The number of aryl methyl sites for hydroxylation is 1. The predicted octanol–water partition coefficient (Wildman–Crippen LogP) is 4.27. The van der Waals surface area contributed by atoms with Gasteiger partial charge in [-0.05, 0) is 55.3 Å². The van der Waals surface area contributed by atoms with Crippen molar-refractivity contribution >= 4 is 17.5 Å². The average Bonchev–Trinajstić information content (AvgIpc) is 3.23. The van der Waals surface area contributed by atoms with Gasteiger partial charge in [-0.1, -0.05) is 29.8 Å². The molecule has 0 saturated heterocycles. The summed E-state index contributed by atoms with van der Waals surface area (Å²) in [7, 11) is 1.59. The van der Waals surface area contributed by atoms with Gasteiger partial charge in [-0.2, -0.15) is 0 Å². The number of ether oxygens (including phenoxy) is 1. The van der Waals surface area contributed by atoms with Crippen molar-refractivity contribution < 1.29 is 18.7 Å². The second-order valence-electron chi connectivity index (χ2n) is 6.93. The lowest BCUT2D eigenvalue weighted by atomic mass is 10.0. The molecular weight excluding hydrogens is 368 g/mol. The lowest BCUT2D eigenvalue weighted by Gasteiger charge is -2.15. The van der Waals surface area contributed by atoms with Crippen LogP contribution in [0.5, 0.6) is 0 Å². The highest BCUT2D eigenvalue weighted by Crippen LogP contribution is 2.26. The number of hydrogen-bond acceptors (Lipinski definition) is 4. The summed E-state index contributed by atoms with van der Waals surface area (Å²) < 4.78 is 10.2. The van der Waals surface area contributed by atoms with Gasteiger partial charge in [0.2, 0.25) is 0 Å². The van der Waals surface area contributed by atoms with E-state index in [9.17, 15) is 9.59 Å². The third-order valence-corrected chi connectivity index (χ3v) is 4.38. The summed E-state index contributed by atoms with van der Waals surface area (Å²) in [6.45, 7) is 4.29. The topological polar surface area (TPSA) is 80.6 Å². The van der Waals surface area contributed by atoms with Crippen molar-refractivity contribution in [1.29, 1.82) is 0 Å². The van der Waals surface area contributed by atoms with Gasteiger partial charge >= 0.3 is 0 Å². The summed E-state index contributed by atoms with van der Waals surface area (Å²) >= 11 is 0. The Hall–Kier alpha value is -3.38. The number of carbonyl (C=O) groups excluding carboxylic acids is 2. The quantitative estimate of drug-likeness (QED) is 0.629. The molecule has 1 atom stereocenters. The summed E-state index contributed by atoms with van der Waals surface area (Å²) in [5.41, 5.74) is 3.87. The molecule has 6 nitrogen and oxygen atoms in total. The molecule has 0 aliphatic heterocycles. The molecule has 0 saturated carbocycles. The minimum absolute atomic E-state index is 0.142. The van der Waals surface area contributed by atoms with Crippen LogP contribution in [0.3, 0.4) is 0 Å². The standard InChI is InChI=1S/C23H24N2O4/c1-15-6-8-17(9-7-15)18-11-19(22(26)24-16(2)14-28-3)13-20(12-18)25-23(27)21-5-4-10-29-21/h4-13,16H,14H2,1-3H3,(H,24,26)(H,25,27). The van der Waals surface area contributed by atoms with E-state index in [0.29, 0.717) is 17.9 Å². The monoisotopic (exact) mass is 392 g/mol. The number of anilines is 1. The van der Waals surface area contributed by atoms with Gasteiger partial charge < -0.3 is 19.8 Å². The van der Waals surface area contributed by atoms with Crippen molar-refractivity contribution in [2.45, 2.75) is 19.9 Å². The van der Waals surface area contributed by atoms with Crippen molar-refractivity contribution in [3.63, 3.8) is 0 Å². The van der Waals surface area contributed by atoms with E-state index in [4.69, 9.17) is 9.15 Å². The largest absolute Gasteiger partial charge is 0.459 e. The number of methoxy groups -OCH3 is 1. The number of nitrogens with one attached hydrogen (secondary N) is 2. The van der Waals surface area contributed by atoms with Gasteiger partial charge in [0.1, 0.15) is 0 Å². The van der Waals surface area contributed by atoms with Crippen molar-refractivity contribution in [3.05, 3.63) is 77.7 Å². The van der Waals surface area contributed by atoms with E-state index in [1.165, 1.54) is 6.26 Å². The van der Waals surface area contributed by atoms with E-state index in [1.807, 2.05) is 50.2 Å². The molecule has 0 fully saturated rings. The Morgan fingerprint density at radius 1 is 1.03 bits per heavy atom. The summed E-state index contributed by atoms with van der Waals surface area (Å²) in [4.78, 5) is 25.1. The molecule has 0 radical (unpaired) electrons. The Labute approximate surface area is 169 Å². The number of furan rings is 1. The van der Waals surface area contributed by atoms with Gasteiger partial charge in [0.15, 0.2) is 5.76 Å². The summed E-state index contributed by atoms with van der Waals surface area (Å²) in [5, 5.41) is 5.70. The maximum absolute atomic E-state index is 12.7. The molecule has 2 aromatic carbocycles. The summed E-state index contributed by atoms with van der Waals surface area (Å²) in [6.07, 6.45) is 1.44. The molecule has 0 aliphatic carbocycles.